The lowest BCUT2D eigenvalue weighted by atomic mass is 10.1. The summed E-state index contributed by atoms with van der Waals surface area (Å²) in [4.78, 5) is 37.3. The molecule has 0 radical (unpaired) electrons. The average molecular weight is 426 g/mol. The minimum absolute atomic E-state index is 0.0810. The topological polar surface area (TPSA) is 73.1 Å². The van der Waals surface area contributed by atoms with E-state index in [4.69, 9.17) is 11.6 Å². The third-order valence-corrected chi connectivity index (χ3v) is 5.22. The highest BCUT2D eigenvalue weighted by molar-refractivity contribution is 6.31. The Bertz CT molecular complexity index is 1120. The van der Waals surface area contributed by atoms with Crippen molar-refractivity contribution in [2.45, 2.75) is 38.9 Å². The predicted octanol–water partition coefficient (Wildman–Crippen LogP) is 2.85. The van der Waals surface area contributed by atoms with Crippen molar-refractivity contribution in [3.05, 3.63) is 104 Å². The van der Waals surface area contributed by atoms with Gasteiger partial charge in [-0.25, -0.2) is 4.79 Å². The zero-order valence-electron chi connectivity index (χ0n) is 16.8. The molecule has 7 heteroatoms. The SMILES string of the molecule is C[C@H](CCc1ccccc1)NC(=O)Cn1c(=O)ccn(Cc2ccccc2Cl)c1=O. The maximum atomic E-state index is 12.7. The van der Waals surface area contributed by atoms with Gasteiger partial charge in [-0.1, -0.05) is 60.1 Å². The Morgan fingerprint density at radius 1 is 1.03 bits per heavy atom. The summed E-state index contributed by atoms with van der Waals surface area (Å²) < 4.78 is 2.31. The largest absolute Gasteiger partial charge is 0.352 e. The molecule has 1 amide bonds. The van der Waals surface area contributed by atoms with Crippen LogP contribution in [0.15, 0.2) is 76.4 Å². The summed E-state index contributed by atoms with van der Waals surface area (Å²) in [6.45, 7) is 1.80. The van der Waals surface area contributed by atoms with Crippen LogP contribution in [-0.4, -0.2) is 21.1 Å². The number of benzene rings is 2. The molecule has 0 bridgehead atoms. The van der Waals surface area contributed by atoms with Crippen molar-refractivity contribution in [2.24, 2.45) is 0 Å². The van der Waals surface area contributed by atoms with Gasteiger partial charge in [0.25, 0.3) is 5.56 Å². The molecule has 1 heterocycles. The van der Waals surface area contributed by atoms with Gasteiger partial charge in [0, 0.05) is 23.3 Å². The van der Waals surface area contributed by atoms with Gasteiger partial charge in [-0.3, -0.25) is 18.7 Å². The first-order chi connectivity index (χ1) is 14.4. The number of aryl methyl sites for hydroxylation is 1. The molecule has 1 aromatic heterocycles. The van der Waals surface area contributed by atoms with E-state index in [0.29, 0.717) is 5.02 Å². The van der Waals surface area contributed by atoms with Gasteiger partial charge in [0.15, 0.2) is 0 Å². The predicted molar refractivity (Wildman–Crippen MR) is 118 cm³/mol. The van der Waals surface area contributed by atoms with Crippen LogP contribution in [0.3, 0.4) is 0 Å². The van der Waals surface area contributed by atoms with Crippen molar-refractivity contribution in [3.8, 4) is 0 Å². The molecule has 0 aliphatic heterocycles. The number of hydrogen-bond acceptors (Lipinski definition) is 3. The summed E-state index contributed by atoms with van der Waals surface area (Å²) in [5.74, 6) is -0.370. The third kappa shape index (κ3) is 5.70. The second-order valence-corrected chi connectivity index (χ2v) is 7.64. The molecule has 1 atom stereocenters. The fourth-order valence-electron chi connectivity index (χ4n) is 3.20. The summed E-state index contributed by atoms with van der Waals surface area (Å²) in [5.41, 5.74) is 0.891. The number of carbonyl (C=O) groups excluding carboxylic acids is 1. The van der Waals surface area contributed by atoms with Crippen LogP contribution in [0, 0.1) is 0 Å². The smallest absolute Gasteiger partial charge is 0.331 e. The Morgan fingerprint density at radius 2 is 1.73 bits per heavy atom. The summed E-state index contributed by atoms with van der Waals surface area (Å²) in [7, 11) is 0. The van der Waals surface area contributed by atoms with Crippen molar-refractivity contribution >= 4 is 17.5 Å². The number of hydrogen-bond donors (Lipinski definition) is 1. The first-order valence-corrected chi connectivity index (χ1v) is 10.2. The van der Waals surface area contributed by atoms with E-state index in [-0.39, 0.29) is 25.0 Å². The number of nitrogens with one attached hydrogen (secondary N) is 1. The molecular weight excluding hydrogens is 402 g/mol. The van der Waals surface area contributed by atoms with Gasteiger partial charge >= 0.3 is 5.69 Å². The molecule has 2 aromatic carbocycles. The molecule has 0 aliphatic rings. The number of halogens is 1. The first kappa shape index (κ1) is 21.6. The van der Waals surface area contributed by atoms with Gasteiger partial charge in [0.05, 0.1) is 6.54 Å². The first-order valence-electron chi connectivity index (χ1n) is 9.81. The Balaban J connectivity index is 1.65. The standard InChI is InChI=1S/C23H24ClN3O3/c1-17(11-12-18-7-3-2-4-8-18)25-21(28)16-27-22(29)13-14-26(23(27)30)15-19-9-5-6-10-20(19)24/h2-10,13-14,17H,11-12,15-16H2,1H3,(H,25,28)/t17-/m1/s1. The van der Waals surface area contributed by atoms with Gasteiger partial charge in [-0.15, -0.1) is 0 Å². The van der Waals surface area contributed by atoms with Crippen LogP contribution < -0.4 is 16.6 Å². The van der Waals surface area contributed by atoms with Crippen LogP contribution in [0.4, 0.5) is 0 Å². The van der Waals surface area contributed by atoms with Crippen molar-refractivity contribution in [3.63, 3.8) is 0 Å². The summed E-state index contributed by atoms with van der Waals surface area (Å²) in [6, 6.07) is 18.4. The van der Waals surface area contributed by atoms with Crippen LogP contribution in [-0.2, 0) is 24.3 Å². The lowest BCUT2D eigenvalue weighted by Gasteiger charge is -2.15. The number of carbonyl (C=O) groups is 1. The molecule has 6 nitrogen and oxygen atoms in total. The molecule has 3 rings (SSSR count). The van der Waals surface area contributed by atoms with Gasteiger partial charge < -0.3 is 5.32 Å². The lowest BCUT2D eigenvalue weighted by molar-refractivity contribution is -0.122. The van der Waals surface area contributed by atoms with E-state index < -0.39 is 11.2 Å². The Kier molecular flexibility index (Phi) is 7.25. The highest BCUT2D eigenvalue weighted by Crippen LogP contribution is 2.15. The van der Waals surface area contributed by atoms with Crippen LogP contribution in [0.5, 0.6) is 0 Å². The molecule has 0 saturated carbocycles. The normalized spacial score (nSPS) is 11.8. The fraction of sp³-hybridized carbons (Fsp3) is 0.261. The Hall–Kier alpha value is -3.12. The summed E-state index contributed by atoms with van der Waals surface area (Å²) >= 11 is 6.17. The molecule has 0 saturated heterocycles. The van der Waals surface area contributed by atoms with Gasteiger partial charge in [-0.05, 0) is 37.0 Å². The second-order valence-electron chi connectivity index (χ2n) is 7.23. The molecular formula is C23H24ClN3O3. The minimum Gasteiger partial charge on any atom is -0.352 e. The zero-order chi connectivity index (χ0) is 21.5. The van der Waals surface area contributed by atoms with E-state index in [1.54, 1.807) is 12.1 Å². The molecule has 3 aromatic rings. The number of aromatic nitrogens is 2. The van der Waals surface area contributed by atoms with E-state index in [1.165, 1.54) is 22.4 Å². The van der Waals surface area contributed by atoms with Crippen LogP contribution in [0.2, 0.25) is 5.02 Å². The maximum Gasteiger partial charge on any atom is 0.331 e. The van der Waals surface area contributed by atoms with E-state index in [2.05, 4.69) is 5.32 Å². The molecule has 30 heavy (non-hydrogen) atoms. The highest BCUT2D eigenvalue weighted by Gasteiger charge is 2.13. The zero-order valence-corrected chi connectivity index (χ0v) is 17.5. The fourth-order valence-corrected chi connectivity index (χ4v) is 3.39. The van der Waals surface area contributed by atoms with E-state index >= 15 is 0 Å². The Morgan fingerprint density at radius 3 is 2.47 bits per heavy atom. The molecule has 0 aliphatic carbocycles. The monoisotopic (exact) mass is 425 g/mol. The van der Waals surface area contributed by atoms with Crippen molar-refractivity contribution in [1.29, 1.82) is 0 Å². The maximum absolute atomic E-state index is 12.7. The number of amides is 1. The average Bonchev–Trinajstić information content (AvgIpc) is 2.74. The quantitative estimate of drug-likeness (QED) is 0.603. The van der Waals surface area contributed by atoms with Crippen molar-refractivity contribution < 1.29 is 4.79 Å². The molecule has 156 valence electrons. The van der Waals surface area contributed by atoms with Gasteiger partial charge in [0.2, 0.25) is 5.91 Å². The van der Waals surface area contributed by atoms with Crippen molar-refractivity contribution in [1.82, 2.24) is 14.5 Å². The third-order valence-electron chi connectivity index (χ3n) is 4.86. The van der Waals surface area contributed by atoms with E-state index in [9.17, 15) is 14.4 Å². The molecule has 0 spiro atoms. The Labute approximate surface area is 179 Å². The molecule has 1 N–H and O–H groups in total. The van der Waals surface area contributed by atoms with Crippen LogP contribution >= 0.6 is 11.6 Å². The second kappa shape index (κ2) is 10.1. The van der Waals surface area contributed by atoms with Crippen LogP contribution in [0.1, 0.15) is 24.5 Å². The van der Waals surface area contributed by atoms with Gasteiger partial charge in [0.1, 0.15) is 6.54 Å². The molecule has 0 fully saturated rings. The van der Waals surface area contributed by atoms with E-state index in [1.807, 2.05) is 49.4 Å². The number of rotatable bonds is 8. The minimum atomic E-state index is -0.547. The van der Waals surface area contributed by atoms with Crippen LogP contribution in [0.25, 0.3) is 0 Å². The highest BCUT2D eigenvalue weighted by atomic mass is 35.5. The molecule has 0 unspecified atom stereocenters. The lowest BCUT2D eigenvalue weighted by Crippen LogP contribution is -2.44. The van der Waals surface area contributed by atoms with Crippen molar-refractivity contribution in [2.75, 3.05) is 0 Å². The summed E-state index contributed by atoms with van der Waals surface area (Å²) in [6.07, 6.45) is 3.01. The summed E-state index contributed by atoms with van der Waals surface area (Å²) in [5, 5.41) is 3.40. The van der Waals surface area contributed by atoms with E-state index in [0.717, 1.165) is 23.0 Å². The van der Waals surface area contributed by atoms with Gasteiger partial charge in [-0.2, -0.15) is 0 Å². The number of nitrogens with zero attached hydrogens (tertiary/aromatic N) is 2.